The van der Waals surface area contributed by atoms with Gasteiger partial charge in [0.1, 0.15) is 0 Å². The van der Waals surface area contributed by atoms with Gasteiger partial charge in [0.15, 0.2) is 0 Å². The van der Waals surface area contributed by atoms with Gasteiger partial charge in [-0.15, -0.1) is 0 Å². The molecule has 2 N–H and O–H groups in total. The molecule has 1 aliphatic carbocycles. The maximum atomic E-state index is 13.6. The van der Waals surface area contributed by atoms with E-state index in [-0.39, 0.29) is 29.9 Å². The van der Waals surface area contributed by atoms with E-state index in [4.69, 9.17) is 0 Å². The summed E-state index contributed by atoms with van der Waals surface area (Å²) in [4.78, 5) is 21.2. The van der Waals surface area contributed by atoms with Gasteiger partial charge in [0.05, 0.1) is 17.1 Å². The molecular formula is C27H29N5O3S. The third-order valence-corrected chi connectivity index (χ3v) is 8.63. The van der Waals surface area contributed by atoms with Crippen molar-refractivity contribution in [2.75, 3.05) is 20.1 Å². The molecule has 9 heteroatoms. The number of piperidine rings is 1. The molecule has 0 radical (unpaired) electrons. The standard InChI is InChI=1S/C27H29N5O3S/c1-28-14-19-7-11-23(12-8-19)36(34,35)32(18-22-4-2-3-13-30-22)17-20-5-9-21(10-6-20)27(33)31-26-24-15-29-16-25(24)26/h2-14,24-26,29H,15-18H2,1H3,(H,31,33)/t24-,25+,26?. The lowest BCUT2D eigenvalue weighted by molar-refractivity contribution is 0.0946. The molecular weight excluding hydrogens is 474 g/mol. The molecule has 0 bridgehead atoms. The van der Waals surface area contributed by atoms with Gasteiger partial charge < -0.3 is 10.6 Å². The maximum absolute atomic E-state index is 13.6. The predicted molar refractivity (Wildman–Crippen MR) is 138 cm³/mol. The molecule has 5 rings (SSSR count). The molecule has 2 aliphatic rings. The highest BCUT2D eigenvalue weighted by molar-refractivity contribution is 7.89. The summed E-state index contributed by atoms with van der Waals surface area (Å²) >= 11 is 0. The van der Waals surface area contributed by atoms with Crippen LogP contribution in [-0.4, -0.2) is 56.0 Å². The quantitative estimate of drug-likeness (QED) is 0.437. The van der Waals surface area contributed by atoms with Crippen molar-refractivity contribution in [2.24, 2.45) is 16.8 Å². The van der Waals surface area contributed by atoms with Crippen molar-refractivity contribution >= 4 is 22.1 Å². The molecule has 1 saturated carbocycles. The van der Waals surface area contributed by atoms with Crippen LogP contribution in [0.4, 0.5) is 0 Å². The van der Waals surface area contributed by atoms with E-state index in [1.165, 1.54) is 4.31 Å². The molecule has 2 fully saturated rings. The average Bonchev–Trinajstić information content (AvgIpc) is 3.29. The van der Waals surface area contributed by atoms with Gasteiger partial charge >= 0.3 is 0 Å². The van der Waals surface area contributed by atoms with Gasteiger partial charge in [0.2, 0.25) is 10.0 Å². The van der Waals surface area contributed by atoms with E-state index in [9.17, 15) is 13.2 Å². The molecule has 1 saturated heterocycles. The Balaban J connectivity index is 1.33. The lowest BCUT2D eigenvalue weighted by Gasteiger charge is -2.22. The van der Waals surface area contributed by atoms with E-state index in [1.807, 2.05) is 18.2 Å². The molecule has 2 aromatic carbocycles. The number of rotatable bonds is 9. The SMILES string of the molecule is CN=Cc1ccc(S(=O)(=O)N(Cc2ccc(C(=O)NC3[C@H]4CNC[C@@H]34)cc2)Cc2ccccn2)cc1. The summed E-state index contributed by atoms with van der Waals surface area (Å²) in [5, 5.41) is 6.45. The molecule has 8 nitrogen and oxygen atoms in total. The zero-order chi connectivity index (χ0) is 25.1. The number of aliphatic imine (C=N–C) groups is 1. The van der Waals surface area contributed by atoms with Gasteiger partial charge in [-0.05, 0) is 59.4 Å². The number of sulfonamides is 1. The highest BCUT2D eigenvalue weighted by Crippen LogP contribution is 2.41. The Bertz CT molecular complexity index is 1330. The summed E-state index contributed by atoms with van der Waals surface area (Å²) < 4.78 is 28.6. The van der Waals surface area contributed by atoms with E-state index in [0.29, 0.717) is 23.1 Å². The van der Waals surface area contributed by atoms with Crippen molar-refractivity contribution in [3.05, 3.63) is 95.3 Å². The Hall–Kier alpha value is -3.40. The van der Waals surface area contributed by atoms with Crippen LogP contribution in [0.1, 0.15) is 27.2 Å². The number of amides is 1. The fourth-order valence-corrected chi connectivity index (χ4v) is 6.15. The summed E-state index contributed by atoms with van der Waals surface area (Å²) in [6, 6.07) is 19.5. The van der Waals surface area contributed by atoms with Crippen LogP contribution in [0, 0.1) is 11.8 Å². The molecule has 2 heterocycles. The lowest BCUT2D eigenvalue weighted by Crippen LogP contribution is -2.32. The minimum Gasteiger partial charge on any atom is -0.349 e. The summed E-state index contributed by atoms with van der Waals surface area (Å²) in [6.45, 7) is 2.20. The number of nitrogens with zero attached hydrogens (tertiary/aromatic N) is 3. The van der Waals surface area contributed by atoms with Crippen LogP contribution < -0.4 is 10.6 Å². The van der Waals surface area contributed by atoms with Crippen molar-refractivity contribution in [1.82, 2.24) is 19.9 Å². The largest absolute Gasteiger partial charge is 0.349 e. The fourth-order valence-electron chi connectivity index (χ4n) is 4.75. The van der Waals surface area contributed by atoms with Crippen LogP contribution in [0.5, 0.6) is 0 Å². The first-order valence-electron chi connectivity index (χ1n) is 12.0. The number of pyridine rings is 1. The van der Waals surface area contributed by atoms with Gasteiger partial charge in [-0.3, -0.25) is 14.8 Å². The Kier molecular flexibility index (Phi) is 6.95. The number of hydrogen-bond acceptors (Lipinski definition) is 6. The normalized spacial score (nSPS) is 21.0. The van der Waals surface area contributed by atoms with Crippen molar-refractivity contribution < 1.29 is 13.2 Å². The van der Waals surface area contributed by atoms with Crippen LogP contribution in [0.15, 0.2) is 82.8 Å². The first kappa shape index (κ1) is 24.3. The highest BCUT2D eigenvalue weighted by Gasteiger charge is 2.53. The second kappa shape index (κ2) is 10.3. The topological polar surface area (TPSA) is 104 Å². The minimum absolute atomic E-state index is 0.0883. The zero-order valence-electron chi connectivity index (χ0n) is 20.0. The third kappa shape index (κ3) is 5.23. The van der Waals surface area contributed by atoms with Crippen LogP contribution in [-0.2, 0) is 23.1 Å². The van der Waals surface area contributed by atoms with Gasteiger partial charge in [0.25, 0.3) is 5.91 Å². The summed E-state index contributed by atoms with van der Waals surface area (Å²) in [5.74, 6) is 0.999. The molecule has 1 aromatic heterocycles. The number of benzene rings is 2. The molecule has 0 spiro atoms. The van der Waals surface area contributed by atoms with Gasteiger partial charge in [-0.25, -0.2) is 8.42 Å². The van der Waals surface area contributed by atoms with Gasteiger partial charge in [0, 0.05) is 50.7 Å². The summed E-state index contributed by atoms with van der Waals surface area (Å²) in [6.07, 6.45) is 3.32. The van der Waals surface area contributed by atoms with Gasteiger partial charge in [-0.2, -0.15) is 4.31 Å². The van der Waals surface area contributed by atoms with Crippen LogP contribution >= 0.6 is 0 Å². The molecule has 3 atom stereocenters. The van der Waals surface area contributed by atoms with E-state index in [1.54, 1.807) is 68.0 Å². The zero-order valence-corrected chi connectivity index (χ0v) is 20.9. The predicted octanol–water partition coefficient (Wildman–Crippen LogP) is 2.47. The second-order valence-corrected chi connectivity index (χ2v) is 11.2. The van der Waals surface area contributed by atoms with Crippen LogP contribution in [0.3, 0.4) is 0 Å². The molecule has 186 valence electrons. The second-order valence-electron chi connectivity index (χ2n) is 9.23. The molecule has 1 unspecified atom stereocenters. The van der Waals surface area contributed by atoms with Crippen LogP contribution in [0.2, 0.25) is 0 Å². The van der Waals surface area contributed by atoms with Crippen LogP contribution in [0.25, 0.3) is 0 Å². The smallest absolute Gasteiger partial charge is 0.251 e. The molecule has 36 heavy (non-hydrogen) atoms. The first-order valence-corrected chi connectivity index (χ1v) is 13.4. The van der Waals surface area contributed by atoms with E-state index in [0.717, 1.165) is 24.2 Å². The monoisotopic (exact) mass is 503 g/mol. The Morgan fingerprint density at radius 1 is 1.06 bits per heavy atom. The van der Waals surface area contributed by atoms with E-state index < -0.39 is 10.0 Å². The van der Waals surface area contributed by atoms with Crippen molar-refractivity contribution in [1.29, 1.82) is 0 Å². The van der Waals surface area contributed by atoms with Crippen molar-refractivity contribution in [3.63, 3.8) is 0 Å². The number of fused-ring (bicyclic) bond motifs is 1. The number of carbonyl (C=O) groups is 1. The molecule has 1 aliphatic heterocycles. The third-order valence-electron chi connectivity index (χ3n) is 6.83. The average molecular weight is 504 g/mol. The van der Waals surface area contributed by atoms with E-state index >= 15 is 0 Å². The Labute approximate surface area is 211 Å². The lowest BCUT2D eigenvalue weighted by atomic mass is 10.1. The van der Waals surface area contributed by atoms with E-state index in [2.05, 4.69) is 20.6 Å². The molecule has 3 aromatic rings. The minimum atomic E-state index is -3.81. The number of aromatic nitrogens is 1. The first-order chi connectivity index (χ1) is 17.5. The Morgan fingerprint density at radius 2 is 1.78 bits per heavy atom. The highest BCUT2D eigenvalue weighted by atomic mass is 32.2. The Morgan fingerprint density at radius 3 is 2.42 bits per heavy atom. The number of nitrogens with one attached hydrogen (secondary N) is 2. The molecule has 1 amide bonds. The van der Waals surface area contributed by atoms with Gasteiger partial charge in [-0.1, -0.05) is 30.3 Å². The van der Waals surface area contributed by atoms with Crippen molar-refractivity contribution in [2.45, 2.75) is 24.0 Å². The number of hydrogen-bond donors (Lipinski definition) is 2. The number of carbonyl (C=O) groups excluding carboxylic acids is 1. The summed E-state index contributed by atoms with van der Waals surface area (Å²) in [5.41, 5.74) is 2.83. The summed E-state index contributed by atoms with van der Waals surface area (Å²) in [7, 11) is -2.14. The van der Waals surface area contributed by atoms with Crippen molar-refractivity contribution in [3.8, 4) is 0 Å². The maximum Gasteiger partial charge on any atom is 0.251 e. The fraction of sp³-hybridized carbons (Fsp3) is 0.296.